The number of halogens is 2. The van der Waals surface area contributed by atoms with Gasteiger partial charge in [0.05, 0.1) is 17.9 Å². The van der Waals surface area contributed by atoms with Crippen LogP contribution in [0.5, 0.6) is 0 Å². The zero-order chi connectivity index (χ0) is 21.5. The molecule has 9 heteroatoms. The van der Waals surface area contributed by atoms with Crippen molar-refractivity contribution in [2.24, 2.45) is 4.99 Å². The first-order valence-electron chi connectivity index (χ1n) is 10.0. The molecule has 3 aromatic rings. The SMILES string of the molecule is CN1CCN(C(=O)c2nc3n(n2)-c2ccc(Cl)cc2C(c2ccccc2F)=NC3)CC1. The summed E-state index contributed by atoms with van der Waals surface area (Å²) in [4.78, 5) is 26.0. The van der Waals surface area contributed by atoms with Crippen LogP contribution in [0.25, 0.3) is 5.69 Å². The number of aromatic nitrogens is 3. The van der Waals surface area contributed by atoms with Gasteiger partial charge < -0.3 is 9.80 Å². The third-order valence-corrected chi connectivity index (χ3v) is 5.84. The highest BCUT2D eigenvalue weighted by Gasteiger charge is 2.28. The second kappa shape index (κ2) is 7.86. The van der Waals surface area contributed by atoms with Crippen molar-refractivity contribution in [1.82, 2.24) is 24.6 Å². The molecule has 0 spiro atoms. The molecule has 1 aromatic heterocycles. The number of aliphatic imine (C=N–C) groups is 1. The number of nitrogens with zero attached hydrogens (tertiary/aromatic N) is 6. The molecular formula is C22H20ClFN6O. The van der Waals surface area contributed by atoms with Crippen LogP contribution in [0, 0.1) is 5.82 Å². The number of piperazine rings is 1. The largest absolute Gasteiger partial charge is 0.333 e. The maximum atomic E-state index is 14.6. The molecule has 2 aliphatic rings. The molecule has 31 heavy (non-hydrogen) atoms. The Morgan fingerprint density at radius 2 is 1.84 bits per heavy atom. The van der Waals surface area contributed by atoms with Crippen LogP contribution in [-0.2, 0) is 6.54 Å². The Hall–Kier alpha value is -3.10. The normalized spacial score (nSPS) is 16.4. The van der Waals surface area contributed by atoms with Gasteiger partial charge in [-0.25, -0.2) is 14.1 Å². The predicted octanol–water partition coefficient (Wildman–Crippen LogP) is 2.80. The van der Waals surface area contributed by atoms with Gasteiger partial charge in [0.15, 0.2) is 5.82 Å². The molecule has 158 valence electrons. The van der Waals surface area contributed by atoms with Crippen LogP contribution in [0.4, 0.5) is 4.39 Å². The Labute approximate surface area is 183 Å². The van der Waals surface area contributed by atoms with Gasteiger partial charge in [-0.2, -0.15) is 0 Å². The van der Waals surface area contributed by atoms with E-state index in [0.29, 0.717) is 46.5 Å². The van der Waals surface area contributed by atoms with Crippen molar-refractivity contribution in [3.8, 4) is 5.69 Å². The number of carbonyl (C=O) groups excluding carboxylic acids is 1. The van der Waals surface area contributed by atoms with Crippen LogP contribution in [-0.4, -0.2) is 69.4 Å². The fraction of sp³-hybridized carbons (Fsp3) is 0.273. The highest BCUT2D eigenvalue weighted by atomic mass is 35.5. The second-order valence-corrected chi connectivity index (χ2v) is 8.10. The van der Waals surface area contributed by atoms with Crippen molar-refractivity contribution in [3.05, 3.63) is 76.1 Å². The van der Waals surface area contributed by atoms with E-state index in [-0.39, 0.29) is 24.1 Å². The lowest BCUT2D eigenvalue weighted by atomic mass is 10.00. The van der Waals surface area contributed by atoms with E-state index in [1.54, 1.807) is 46.0 Å². The summed E-state index contributed by atoms with van der Waals surface area (Å²) in [5.74, 6) is 0.102. The zero-order valence-corrected chi connectivity index (χ0v) is 17.7. The summed E-state index contributed by atoms with van der Waals surface area (Å²) < 4.78 is 16.2. The van der Waals surface area contributed by atoms with Crippen molar-refractivity contribution in [3.63, 3.8) is 0 Å². The summed E-state index contributed by atoms with van der Waals surface area (Å²) in [6.45, 7) is 3.08. The van der Waals surface area contributed by atoms with E-state index < -0.39 is 0 Å². The van der Waals surface area contributed by atoms with Gasteiger partial charge in [0, 0.05) is 42.3 Å². The van der Waals surface area contributed by atoms with Gasteiger partial charge >= 0.3 is 0 Å². The molecule has 0 radical (unpaired) electrons. The second-order valence-electron chi connectivity index (χ2n) is 7.67. The lowest BCUT2D eigenvalue weighted by Gasteiger charge is -2.31. The van der Waals surface area contributed by atoms with E-state index >= 15 is 0 Å². The summed E-state index contributed by atoms with van der Waals surface area (Å²) in [6, 6.07) is 11.7. The minimum atomic E-state index is -0.370. The molecule has 1 amide bonds. The molecule has 2 aliphatic heterocycles. The van der Waals surface area contributed by atoms with E-state index in [1.807, 2.05) is 7.05 Å². The Morgan fingerprint density at radius 3 is 2.61 bits per heavy atom. The van der Waals surface area contributed by atoms with Crippen LogP contribution in [0.1, 0.15) is 27.6 Å². The summed E-state index contributed by atoms with van der Waals surface area (Å²) >= 11 is 6.26. The number of fused-ring (bicyclic) bond motifs is 3. The molecule has 0 atom stereocenters. The highest BCUT2D eigenvalue weighted by molar-refractivity contribution is 6.31. The van der Waals surface area contributed by atoms with Crippen molar-refractivity contribution >= 4 is 23.2 Å². The van der Waals surface area contributed by atoms with E-state index in [9.17, 15) is 9.18 Å². The van der Waals surface area contributed by atoms with Gasteiger partial charge in [-0.3, -0.25) is 9.79 Å². The number of hydrogen-bond acceptors (Lipinski definition) is 5. The van der Waals surface area contributed by atoms with Gasteiger partial charge in [0.2, 0.25) is 5.82 Å². The number of rotatable bonds is 2. The summed E-state index contributed by atoms with van der Waals surface area (Å²) in [5, 5.41) is 5.02. The van der Waals surface area contributed by atoms with Crippen molar-refractivity contribution in [2.75, 3.05) is 33.2 Å². The highest BCUT2D eigenvalue weighted by Crippen LogP contribution is 2.28. The quantitative estimate of drug-likeness (QED) is 0.617. The Kier molecular flexibility index (Phi) is 5.03. The first-order valence-corrected chi connectivity index (χ1v) is 10.4. The fourth-order valence-corrected chi connectivity index (χ4v) is 4.05. The first kappa shape index (κ1) is 19.8. The van der Waals surface area contributed by atoms with E-state index in [2.05, 4.69) is 20.0 Å². The van der Waals surface area contributed by atoms with Gasteiger partial charge in [-0.1, -0.05) is 23.7 Å². The van der Waals surface area contributed by atoms with E-state index in [4.69, 9.17) is 11.6 Å². The molecule has 5 rings (SSSR count). The van der Waals surface area contributed by atoms with Crippen LogP contribution >= 0.6 is 11.6 Å². The number of benzene rings is 2. The monoisotopic (exact) mass is 438 g/mol. The van der Waals surface area contributed by atoms with Crippen LogP contribution < -0.4 is 0 Å². The molecular weight excluding hydrogens is 419 g/mol. The van der Waals surface area contributed by atoms with Crippen molar-refractivity contribution in [2.45, 2.75) is 6.54 Å². The molecule has 0 saturated carbocycles. The molecule has 1 fully saturated rings. The Morgan fingerprint density at radius 1 is 1.06 bits per heavy atom. The van der Waals surface area contributed by atoms with Crippen LogP contribution in [0.2, 0.25) is 5.02 Å². The molecule has 0 N–H and O–H groups in total. The topological polar surface area (TPSA) is 66.6 Å². The van der Waals surface area contributed by atoms with Crippen molar-refractivity contribution in [1.29, 1.82) is 0 Å². The number of likely N-dealkylation sites (N-methyl/N-ethyl adjacent to an activating group) is 1. The average molecular weight is 439 g/mol. The van der Waals surface area contributed by atoms with E-state index in [1.165, 1.54) is 6.07 Å². The lowest BCUT2D eigenvalue weighted by Crippen LogP contribution is -2.47. The predicted molar refractivity (Wildman–Crippen MR) is 116 cm³/mol. The Bertz CT molecular complexity index is 1200. The maximum absolute atomic E-state index is 14.6. The number of carbonyl (C=O) groups is 1. The zero-order valence-electron chi connectivity index (χ0n) is 16.9. The maximum Gasteiger partial charge on any atom is 0.293 e. The minimum absolute atomic E-state index is 0.144. The van der Waals surface area contributed by atoms with E-state index in [0.717, 1.165) is 13.1 Å². The standard InChI is InChI=1S/C22H20ClFN6O/c1-28-8-10-29(11-9-28)22(31)21-26-19-13-25-20(15-4-2-3-5-17(15)24)16-12-14(23)6-7-18(16)30(19)27-21/h2-7,12H,8-11,13H2,1H3. The Balaban J connectivity index is 1.57. The number of hydrogen-bond donors (Lipinski definition) is 0. The van der Waals surface area contributed by atoms with Gasteiger partial charge in [0.1, 0.15) is 5.82 Å². The fourth-order valence-electron chi connectivity index (χ4n) is 3.88. The van der Waals surface area contributed by atoms with Gasteiger partial charge in [-0.15, -0.1) is 5.10 Å². The number of amides is 1. The minimum Gasteiger partial charge on any atom is -0.333 e. The summed E-state index contributed by atoms with van der Waals surface area (Å²) in [7, 11) is 2.03. The smallest absolute Gasteiger partial charge is 0.293 e. The third kappa shape index (κ3) is 3.62. The lowest BCUT2D eigenvalue weighted by molar-refractivity contribution is 0.0652. The molecule has 2 aromatic carbocycles. The molecule has 0 unspecified atom stereocenters. The first-order chi connectivity index (χ1) is 15.0. The summed E-state index contributed by atoms with van der Waals surface area (Å²) in [6.07, 6.45) is 0. The van der Waals surface area contributed by atoms with Crippen LogP contribution in [0.3, 0.4) is 0 Å². The molecule has 7 nitrogen and oxygen atoms in total. The van der Waals surface area contributed by atoms with Crippen molar-refractivity contribution < 1.29 is 9.18 Å². The van der Waals surface area contributed by atoms with Crippen LogP contribution in [0.15, 0.2) is 47.5 Å². The average Bonchev–Trinajstić information content (AvgIpc) is 3.13. The molecule has 3 heterocycles. The summed E-state index contributed by atoms with van der Waals surface area (Å²) in [5.41, 5.74) is 2.16. The third-order valence-electron chi connectivity index (χ3n) is 5.61. The molecule has 1 saturated heterocycles. The van der Waals surface area contributed by atoms with Gasteiger partial charge in [0.25, 0.3) is 5.91 Å². The molecule has 0 bridgehead atoms. The van der Waals surface area contributed by atoms with Gasteiger partial charge in [-0.05, 0) is 37.4 Å². The molecule has 0 aliphatic carbocycles.